The summed E-state index contributed by atoms with van der Waals surface area (Å²) in [5, 5.41) is 3.40. The van der Waals surface area contributed by atoms with Crippen LogP contribution in [0.5, 0.6) is 0 Å². The van der Waals surface area contributed by atoms with Crippen LogP contribution in [0.1, 0.15) is 16.1 Å². The van der Waals surface area contributed by atoms with E-state index < -0.39 is 18.5 Å². The molecular formula is C19H14BrN3O5. The molecule has 0 radical (unpaired) electrons. The minimum Gasteiger partial charge on any atom is -0.450 e. The molecule has 0 fully saturated rings. The molecule has 3 N–H and O–H groups in total. The number of anilines is 1. The number of fused-ring (bicyclic) bond motifs is 2. The van der Waals surface area contributed by atoms with E-state index in [1.54, 1.807) is 31.2 Å². The van der Waals surface area contributed by atoms with E-state index in [1.807, 2.05) is 12.1 Å². The lowest BCUT2D eigenvalue weighted by Crippen LogP contribution is -2.21. The van der Waals surface area contributed by atoms with Crippen molar-refractivity contribution < 1.29 is 18.7 Å². The number of carbonyl (C=O) groups is 2. The standard InChI is InChI=1S/C19H14BrN3O5/c1-9-12-6-10(20)2-5-15(12)28-17(9)18(25)27-8-16(24)21-11-3-4-13-14(7-11)23-19(26)22-13/h2-7H,8H2,1H3,(H,21,24)(H2,22,23,26). The van der Waals surface area contributed by atoms with Crippen LogP contribution in [-0.4, -0.2) is 28.5 Å². The minimum absolute atomic E-state index is 0.0622. The highest BCUT2D eigenvalue weighted by Gasteiger charge is 2.20. The molecule has 0 saturated heterocycles. The van der Waals surface area contributed by atoms with Crippen molar-refractivity contribution in [2.45, 2.75) is 6.92 Å². The van der Waals surface area contributed by atoms with Gasteiger partial charge in [0, 0.05) is 21.1 Å². The van der Waals surface area contributed by atoms with Crippen molar-refractivity contribution in [2.24, 2.45) is 0 Å². The molecule has 28 heavy (non-hydrogen) atoms. The predicted molar refractivity (Wildman–Crippen MR) is 106 cm³/mol. The summed E-state index contributed by atoms with van der Waals surface area (Å²) in [6.07, 6.45) is 0. The second-order valence-electron chi connectivity index (χ2n) is 6.16. The maximum absolute atomic E-state index is 12.3. The SMILES string of the molecule is Cc1c(C(=O)OCC(=O)Nc2ccc3[nH]c(=O)[nH]c3c2)oc2ccc(Br)cc12. The number of benzene rings is 2. The van der Waals surface area contributed by atoms with Gasteiger partial charge in [-0.3, -0.25) is 4.79 Å². The van der Waals surface area contributed by atoms with Crippen molar-refractivity contribution in [1.82, 2.24) is 9.97 Å². The fourth-order valence-electron chi connectivity index (χ4n) is 2.89. The molecule has 2 aromatic heterocycles. The number of ether oxygens (including phenoxy) is 1. The number of carbonyl (C=O) groups excluding carboxylic acids is 2. The zero-order chi connectivity index (χ0) is 19.8. The number of nitrogens with one attached hydrogen (secondary N) is 3. The Balaban J connectivity index is 1.43. The smallest absolute Gasteiger partial charge is 0.375 e. The highest BCUT2D eigenvalue weighted by molar-refractivity contribution is 9.10. The summed E-state index contributed by atoms with van der Waals surface area (Å²) in [5.74, 6) is -1.17. The molecule has 0 atom stereocenters. The van der Waals surface area contributed by atoms with Gasteiger partial charge in [-0.1, -0.05) is 15.9 Å². The van der Waals surface area contributed by atoms with Crippen LogP contribution in [0.15, 0.2) is 50.1 Å². The molecule has 2 heterocycles. The van der Waals surface area contributed by atoms with Crippen molar-refractivity contribution in [3.8, 4) is 0 Å². The number of H-pyrrole nitrogens is 2. The number of aromatic nitrogens is 2. The molecule has 142 valence electrons. The van der Waals surface area contributed by atoms with Gasteiger partial charge in [0.2, 0.25) is 5.76 Å². The van der Waals surface area contributed by atoms with Gasteiger partial charge in [0.1, 0.15) is 5.58 Å². The van der Waals surface area contributed by atoms with Crippen LogP contribution >= 0.6 is 15.9 Å². The van der Waals surface area contributed by atoms with Gasteiger partial charge in [-0.05, 0) is 43.3 Å². The fraction of sp³-hybridized carbons (Fsp3) is 0.105. The zero-order valence-electron chi connectivity index (χ0n) is 14.6. The van der Waals surface area contributed by atoms with Gasteiger partial charge in [-0.25, -0.2) is 9.59 Å². The molecule has 8 nitrogen and oxygen atoms in total. The number of imidazole rings is 1. The number of hydrogen-bond donors (Lipinski definition) is 3. The van der Waals surface area contributed by atoms with E-state index in [4.69, 9.17) is 9.15 Å². The van der Waals surface area contributed by atoms with Gasteiger partial charge in [0.05, 0.1) is 11.0 Å². The second-order valence-corrected chi connectivity index (χ2v) is 7.08. The molecule has 4 aromatic rings. The van der Waals surface area contributed by atoms with Crippen molar-refractivity contribution >= 4 is 55.5 Å². The summed E-state index contributed by atoms with van der Waals surface area (Å²) in [5.41, 5.74) is 2.52. The maximum atomic E-state index is 12.3. The van der Waals surface area contributed by atoms with E-state index >= 15 is 0 Å². The number of esters is 1. The number of rotatable bonds is 4. The third-order valence-electron chi connectivity index (χ3n) is 4.22. The molecule has 9 heteroatoms. The van der Waals surface area contributed by atoms with E-state index in [1.165, 1.54) is 0 Å². The van der Waals surface area contributed by atoms with E-state index in [-0.39, 0.29) is 11.4 Å². The van der Waals surface area contributed by atoms with Crippen molar-refractivity contribution in [1.29, 1.82) is 0 Å². The number of halogens is 1. The van der Waals surface area contributed by atoms with E-state index in [2.05, 4.69) is 31.2 Å². The first-order valence-corrected chi connectivity index (χ1v) is 9.08. The predicted octanol–water partition coefficient (Wildman–Crippen LogP) is 3.47. The average molecular weight is 444 g/mol. The number of hydrogen-bond acceptors (Lipinski definition) is 5. The van der Waals surface area contributed by atoms with Gasteiger partial charge < -0.3 is 24.4 Å². The first-order chi connectivity index (χ1) is 13.4. The number of furan rings is 1. The molecule has 4 rings (SSSR count). The monoisotopic (exact) mass is 443 g/mol. The first-order valence-electron chi connectivity index (χ1n) is 8.28. The molecule has 0 spiro atoms. The summed E-state index contributed by atoms with van der Waals surface area (Å²) >= 11 is 3.38. The molecule has 0 unspecified atom stereocenters. The van der Waals surface area contributed by atoms with E-state index in [9.17, 15) is 14.4 Å². The Kier molecular flexibility index (Phi) is 4.52. The van der Waals surface area contributed by atoms with Crippen molar-refractivity contribution in [3.05, 3.63) is 62.7 Å². The molecule has 0 bridgehead atoms. The van der Waals surface area contributed by atoms with Crippen LogP contribution in [0.2, 0.25) is 0 Å². The van der Waals surface area contributed by atoms with Crippen molar-refractivity contribution in [2.75, 3.05) is 11.9 Å². The Morgan fingerprint density at radius 3 is 2.75 bits per heavy atom. The lowest BCUT2D eigenvalue weighted by atomic mass is 10.1. The molecule has 0 aliphatic carbocycles. The largest absolute Gasteiger partial charge is 0.450 e. The number of aryl methyl sites for hydroxylation is 1. The van der Waals surface area contributed by atoms with Crippen LogP contribution in [0.25, 0.3) is 22.0 Å². The molecule has 1 amide bonds. The lowest BCUT2D eigenvalue weighted by molar-refractivity contribution is -0.119. The Bertz CT molecular complexity index is 1280. The lowest BCUT2D eigenvalue weighted by Gasteiger charge is -2.06. The topological polar surface area (TPSA) is 117 Å². The van der Waals surface area contributed by atoms with E-state index in [0.29, 0.717) is 27.9 Å². The molecule has 0 aliphatic heterocycles. The van der Waals surface area contributed by atoms with Crippen LogP contribution in [0, 0.1) is 6.92 Å². The molecule has 0 saturated carbocycles. The van der Waals surface area contributed by atoms with Gasteiger partial charge >= 0.3 is 11.7 Å². The fourth-order valence-corrected chi connectivity index (χ4v) is 3.25. The summed E-state index contributed by atoms with van der Waals surface area (Å²) in [6.45, 7) is 1.28. The Labute approximate surface area is 166 Å². The zero-order valence-corrected chi connectivity index (χ0v) is 16.2. The first kappa shape index (κ1) is 18.1. The van der Waals surface area contributed by atoms with Crippen LogP contribution < -0.4 is 11.0 Å². The Morgan fingerprint density at radius 1 is 1.14 bits per heavy atom. The van der Waals surface area contributed by atoms with Gasteiger partial charge in [-0.2, -0.15) is 0 Å². The molecule has 0 aliphatic rings. The molecule has 2 aromatic carbocycles. The Hall–Kier alpha value is -3.33. The van der Waals surface area contributed by atoms with E-state index in [0.717, 1.165) is 9.86 Å². The summed E-state index contributed by atoms with van der Waals surface area (Å²) in [4.78, 5) is 40.9. The third-order valence-corrected chi connectivity index (χ3v) is 4.71. The normalized spacial score (nSPS) is 11.1. The summed E-state index contributed by atoms with van der Waals surface area (Å²) in [7, 11) is 0. The number of aromatic amines is 2. The van der Waals surface area contributed by atoms with Gasteiger partial charge in [0.25, 0.3) is 5.91 Å². The van der Waals surface area contributed by atoms with Gasteiger partial charge in [0.15, 0.2) is 6.61 Å². The third kappa shape index (κ3) is 3.44. The highest BCUT2D eigenvalue weighted by atomic mass is 79.9. The number of amides is 1. The summed E-state index contributed by atoms with van der Waals surface area (Å²) < 4.78 is 11.5. The van der Waals surface area contributed by atoms with Crippen LogP contribution in [0.3, 0.4) is 0 Å². The minimum atomic E-state index is -0.717. The Morgan fingerprint density at radius 2 is 1.93 bits per heavy atom. The van der Waals surface area contributed by atoms with Gasteiger partial charge in [-0.15, -0.1) is 0 Å². The van der Waals surface area contributed by atoms with Crippen molar-refractivity contribution in [3.63, 3.8) is 0 Å². The van der Waals surface area contributed by atoms with Crippen LogP contribution in [-0.2, 0) is 9.53 Å². The summed E-state index contributed by atoms with van der Waals surface area (Å²) in [6, 6.07) is 10.3. The maximum Gasteiger partial charge on any atom is 0.375 e. The average Bonchev–Trinajstić information content (AvgIpc) is 3.18. The second kappa shape index (κ2) is 7.01. The highest BCUT2D eigenvalue weighted by Crippen LogP contribution is 2.28. The van der Waals surface area contributed by atoms with Crippen LogP contribution in [0.4, 0.5) is 5.69 Å². The quantitative estimate of drug-likeness (QED) is 0.417. The molecular weight excluding hydrogens is 430 g/mol.